The lowest BCUT2D eigenvalue weighted by Gasteiger charge is -2.18. The number of hydrogen-bond acceptors (Lipinski definition) is 2. The molecule has 2 atom stereocenters. The van der Waals surface area contributed by atoms with E-state index in [1.54, 1.807) is 0 Å². The monoisotopic (exact) mass is 291 g/mol. The van der Waals surface area contributed by atoms with Gasteiger partial charge in [-0.05, 0) is 31.2 Å². The highest BCUT2D eigenvalue weighted by Gasteiger charge is 2.27. The molecule has 4 heteroatoms. The van der Waals surface area contributed by atoms with Gasteiger partial charge in [-0.25, -0.2) is 0 Å². The molecule has 0 aromatic heterocycles. The number of likely N-dealkylation sites (N-methyl/N-ethyl adjacent to an activating group) is 1. The van der Waals surface area contributed by atoms with Crippen molar-refractivity contribution in [3.63, 3.8) is 0 Å². The fraction of sp³-hybridized carbons (Fsp3) is 0.455. The molecule has 1 saturated heterocycles. The quantitative estimate of drug-likeness (QED) is 0.905. The molecule has 0 bridgehead atoms. The summed E-state index contributed by atoms with van der Waals surface area (Å²) in [7, 11) is 1.99. The Balaban J connectivity index is 0.00000112. The van der Waals surface area contributed by atoms with Crippen LogP contribution in [0.2, 0.25) is 0 Å². The summed E-state index contributed by atoms with van der Waals surface area (Å²) >= 11 is 3.43. The van der Waals surface area contributed by atoms with Gasteiger partial charge in [0.25, 0.3) is 0 Å². The first-order valence-electron chi connectivity index (χ1n) is 4.85. The van der Waals surface area contributed by atoms with Crippen molar-refractivity contribution in [2.24, 2.45) is 0 Å². The number of benzene rings is 1. The minimum atomic E-state index is 0. The standard InChI is InChI=1S/C11H14BrNO.ClH/c1-13-10-6-7-14-11(10)8-2-4-9(12)5-3-8;/h2-5,10-11,13H,6-7H2,1H3;1H/t10-,11+;/m0./s1. The molecule has 1 aliphatic heterocycles. The summed E-state index contributed by atoms with van der Waals surface area (Å²) in [5.41, 5.74) is 1.25. The van der Waals surface area contributed by atoms with Gasteiger partial charge in [0.15, 0.2) is 0 Å². The molecule has 2 rings (SSSR count). The van der Waals surface area contributed by atoms with Crippen LogP contribution in [0, 0.1) is 0 Å². The Bertz CT molecular complexity index is 304. The topological polar surface area (TPSA) is 21.3 Å². The van der Waals surface area contributed by atoms with Gasteiger partial charge in [-0.3, -0.25) is 0 Å². The van der Waals surface area contributed by atoms with Gasteiger partial charge >= 0.3 is 0 Å². The van der Waals surface area contributed by atoms with Crippen molar-refractivity contribution in [2.75, 3.05) is 13.7 Å². The van der Waals surface area contributed by atoms with Gasteiger partial charge in [0.05, 0.1) is 6.10 Å². The van der Waals surface area contributed by atoms with Crippen LogP contribution in [0.15, 0.2) is 28.7 Å². The molecule has 0 amide bonds. The van der Waals surface area contributed by atoms with E-state index in [1.165, 1.54) is 5.56 Å². The Morgan fingerprint density at radius 2 is 2.00 bits per heavy atom. The highest BCUT2D eigenvalue weighted by molar-refractivity contribution is 9.10. The summed E-state index contributed by atoms with van der Waals surface area (Å²) in [5, 5.41) is 3.29. The third kappa shape index (κ3) is 2.94. The molecule has 1 aliphatic rings. The normalized spacial score (nSPS) is 24.9. The second-order valence-electron chi connectivity index (χ2n) is 3.53. The molecule has 1 aromatic rings. The van der Waals surface area contributed by atoms with Crippen molar-refractivity contribution in [2.45, 2.75) is 18.6 Å². The summed E-state index contributed by atoms with van der Waals surface area (Å²) in [6, 6.07) is 8.80. The first-order valence-corrected chi connectivity index (χ1v) is 5.65. The summed E-state index contributed by atoms with van der Waals surface area (Å²) < 4.78 is 6.82. The van der Waals surface area contributed by atoms with Crippen LogP contribution < -0.4 is 5.32 Å². The van der Waals surface area contributed by atoms with E-state index in [0.29, 0.717) is 6.04 Å². The van der Waals surface area contributed by atoms with Crippen LogP contribution in [-0.2, 0) is 4.74 Å². The van der Waals surface area contributed by atoms with Crippen molar-refractivity contribution in [1.29, 1.82) is 0 Å². The molecule has 1 N–H and O–H groups in total. The molecule has 0 unspecified atom stereocenters. The molecule has 0 spiro atoms. The van der Waals surface area contributed by atoms with E-state index in [-0.39, 0.29) is 18.5 Å². The van der Waals surface area contributed by atoms with Crippen LogP contribution in [0.3, 0.4) is 0 Å². The lowest BCUT2D eigenvalue weighted by Crippen LogP contribution is -2.27. The van der Waals surface area contributed by atoms with Gasteiger partial charge in [-0.1, -0.05) is 28.1 Å². The lowest BCUT2D eigenvalue weighted by molar-refractivity contribution is 0.100. The summed E-state index contributed by atoms with van der Waals surface area (Å²) in [6.45, 7) is 0.853. The smallest absolute Gasteiger partial charge is 0.0978 e. The largest absolute Gasteiger partial charge is 0.372 e. The number of hydrogen-bond donors (Lipinski definition) is 1. The molecule has 2 nitrogen and oxygen atoms in total. The SMILES string of the molecule is CN[C@H]1CCO[C@@H]1c1ccc(Br)cc1.Cl. The van der Waals surface area contributed by atoms with Gasteiger partial charge < -0.3 is 10.1 Å². The Morgan fingerprint density at radius 3 is 2.60 bits per heavy atom. The van der Waals surface area contributed by atoms with E-state index in [0.717, 1.165) is 17.5 Å². The third-order valence-corrected chi connectivity index (χ3v) is 3.19. The molecule has 0 saturated carbocycles. The maximum atomic E-state index is 5.70. The lowest BCUT2D eigenvalue weighted by atomic mass is 10.0. The Morgan fingerprint density at radius 1 is 1.33 bits per heavy atom. The highest BCUT2D eigenvalue weighted by Crippen LogP contribution is 2.29. The highest BCUT2D eigenvalue weighted by atomic mass is 79.9. The van der Waals surface area contributed by atoms with Crippen molar-refractivity contribution < 1.29 is 4.74 Å². The zero-order chi connectivity index (χ0) is 9.97. The molecule has 1 aromatic carbocycles. The zero-order valence-electron chi connectivity index (χ0n) is 8.57. The molecular weight excluding hydrogens is 277 g/mol. The van der Waals surface area contributed by atoms with Crippen LogP contribution in [0.5, 0.6) is 0 Å². The molecule has 84 valence electrons. The van der Waals surface area contributed by atoms with E-state index in [2.05, 4.69) is 45.5 Å². The van der Waals surface area contributed by atoms with Crippen molar-refractivity contribution in [3.8, 4) is 0 Å². The fourth-order valence-corrected chi connectivity index (χ4v) is 2.13. The number of nitrogens with one attached hydrogen (secondary N) is 1. The van der Waals surface area contributed by atoms with E-state index >= 15 is 0 Å². The van der Waals surface area contributed by atoms with Crippen LogP contribution in [0.1, 0.15) is 18.1 Å². The van der Waals surface area contributed by atoms with Gasteiger partial charge in [0, 0.05) is 17.1 Å². The molecule has 0 aliphatic carbocycles. The zero-order valence-corrected chi connectivity index (χ0v) is 11.0. The maximum Gasteiger partial charge on any atom is 0.0978 e. The Kier molecular flexibility index (Phi) is 5.06. The first kappa shape index (κ1) is 13.0. The first-order chi connectivity index (χ1) is 6.81. The summed E-state index contributed by atoms with van der Waals surface area (Å²) in [4.78, 5) is 0. The van der Waals surface area contributed by atoms with Gasteiger partial charge in [-0.15, -0.1) is 12.4 Å². The molecule has 15 heavy (non-hydrogen) atoms. The average molecular weight is 293 g/mol. The number of ether oxygens (including phenoxy) is 1. The van der Waals surface area contributed by atoms with Gasteiger partial charge in [0.1, 0.15) is 0 Å². The van der Waals surface area contributed by atoms with Crippen LogP contribution in [0.25, 0.3) is 0 Å². The molecule has 1 fully saturated rings. The van der Waals surface area contributed by atoms with Crippen LogP contribution in [0.4, 0.5) is 0 Å². The third-order valence-electron chi connectivity index (χ3n) is 2.66. The minimum Gasteiger partial charge on any atom is -0.372 e. The van der Waals surface area contributed by atoms with Crippen LogP contribution in [-0.4, -0.2) is 19.7 Å². The molecular formula is C11H15BrClNO. The van der Waals surface area contributed by atoms with Crippen molar-refractivity contribution in [3.05, 3.63) is 34.3 Å². The Hall–Kier alpha value is -0.0900. The van der Waals surface area contributed by atoms with Crippen molar-refractivity contribution in [1.82, 2.24) is 5.32 Å². The number of halogens is 2. The van der Waals surface area contributed by atoms with Gasteiger partial charge in [0.2, 0.25) is 0 Å². The van der Waals surface area contributed by atoms with Crippen molar-refractivity contribution >= 4 is 28.3 Å². The van der Waals surface area contributed by atoms with E-state index < -0.39 is 0 Å². The van der Waals surface area contributed by atoms with E-state index in [1.807, 2.05) is 7.05 Å². The molecule has 1 heterocycles. The fourth-order valence-electron chi connectivity index (χ4n) is 1.87. The molecule has 0 radical (unpaired) electrons. The maximum absolute atomic E-state index is 5.70. The summed E-state index contributed by atoms with van der Waals surface area (Å²) in [6.07, 6.45) is 1.31. The van der Waals surface area contributed by atoms with E-state index in [4.69, 9.17) is 4.74 Å². The second kappa shape index (κ2) is 5.85. The van der Waals surface area contributed by atoms with Crippen LogP contribution >= 0.6 is 28.3 Å². The van der Waals surface area contributed by atoms with E-state index in [9.17, 15) is 0 Å². The predicted octanol–water partition coefficient (Wildman–Crippen LogP) is 2.92. The van der Waals surface area contributed by atoms with Gasteiger partial charge in [-0.2, -0.15) is 0 Å². The number of rotatable bonds is 2. The second-order valence-corrected chi connectivity index (χ2v) is 4.44. The predicted molar refractivity (Wildman–Crippen MR) is 67.5 cm³/mol. The average Bonchev–Trinajstić information content (AvgIpc) is 2.67. The minimum absolute atomic E-state index is 0. The Labute approximate surface area is 105 Å². The summed E-state index contributed by atoms with van der Waals surface area (Å²) in [5.74, 6) is 0.